The van der Waals surface area contributed by atoms with Gasteiger partial charge < -0.3 is 10.8 Å². The average molecular weight is 255 g/mol. The van der Waals surface area contributed by atoms with Crippen LogP contribution in [0.3, 0.4) is 0 Å². The summed E-state index contributed by atoms with van der Waals surface area (Å²) >= 11 is 0. The molecule has 1 rings (SSSR count). The molecule has 96 valence electrons. The Bertz CT molecular complexity index is 373. The van der Waals surface area contributed by atoms with Gasteiger partial charge in [0.15, 0.2) is 0 Å². The van der Waals surface area contributed by atoms with E-state index in [2.05, 4.69) is 0 Å². The molecule has 0 saturated heterocycles. The van der Waals surface area contributed by atoms with Crippen LogP contribution >= 0.6 is 0 Å². The highest BCUT2D eigenvalue weighted by molar-refractivity contribution is 5.20. The van der Waals surface area contributed by atoms with Gasteiger partial charge in [-0.1, -0.05) is 0 Å². The molecule has 0 aliphatic carbocycles. The molecule has 1 aromatic rings. The van der Waals surface area contributed by atoms with Crippen LogP contribution in [0.15, 0.2) is 18.2 Å². The molecule has 0 bridgehead atoms. The molecule has 17 heavy (non-hydrogen) atoms. The Morgan fingerprint density at radius 3 is 2.00 bits per heavy atom. The molecule has 0 unspecified atom stereocenters. The van der Waals surface area contributed by atoms with E-state index in [4.69, 9.17) is 5.73 Å². The van der Waals surface area contributed by atoms with Crippen molar-refractivity contribution >= 4 is 0 Å². The van der Waals surface area contributed by atoms with Gasteiger partial charge in [0.1, 0.15) is 17.7 Å². The average Bonchev–Trinajstić information content (AvgIpc) is 2.14. The summed E-state index contributed by atoms with van der Waals surface area (Å²) < 4.78 is 61.8. The molecular weight excluding hydrogens is 245 g/mol. The second kappa shape index (κ2) is 4.97. The second-order valence-electron chi connectivity index (χ2n) is 3.60. The van der Waals surface area contributed by atoms with Crippen molar-refractivity contribution in [1.29, 1.82) is 0 Å². The summed E-state index contributed by atoms with van der Waals surface area (Å²) in [5.41, 5.74) is 4.52. The Hall–Kier alpha value is -1.21. The van der Waals surface area contributed by atoms with E-state index >= 15 is 0 Å². The highest BCUT2D eigenvalue weighted by Crippen LogP contribution is 2.27. The molecule has 0 aromatic heterocycles. The fraction of sp³-hybridized carbons (Fsp3) is 0.400. The lowest BCUT2D eigenvalue weighted by atomic mass is 10.0. The topological polar surface area (TPSA) is 46.2 Å². The lowest BCUT2D eigenvalue weighted by Crippen LogP contribution is -2.38. The van der Waals surface area contributed by atoms with Gasteiger partial charge in [-0.3, -0.25) is 0 Å². The predicted octanol–water partition coefficient (Wildman–Crippen LogP) is 2.28. The molecule has 0 fully saturated rings. The Kier molecular flexibility index (Phi) is 4.05. The van der Waals surface area contributed by atoms with Crippen molar-refractivity contribution in [2.24, 2.45) is 5.73 Å². The van der Waals surface area contributed by atoms with Crippen molar-refractivity contribution in [1.82, 2.24) is 0 Å². The van der Waals surface area contributed by atoms with Crippen LogP contribution in [0.4, 0.5) is 22.0 Å². The molecule has 1 aromatic carbocycles. The number of hydrogen-bond acceptors (Lipinski definition) is 2. The SMILES string of the molecule is N[C@@H](C[C@@H](O)c1cc(F)cc(F)c1)C(F)(F)F. The summed E-state index contributed by atoms with van der Waals surface area (Å²) in [5.74, 6) is -1.95. The van der Waals surface area contributed by atoms with Crippen LogP contribution in [0.5, 0.6) is 0 Å². The van der Waals surface area contributed by atoms with E-state index in [0.29, 0.717) is 6.07 Å². The first kappa shape index (κ1) is 13.9. The van der Waals surface area contributed by atoms with E-state index in [1.807, 2.05) is 0 Å². The fourth-order valence-corrected chi connectivity index (χ4v) is 1.28. The number of aliphatic hydroxyl groups is 1. The predicted molar refractivity (Wildman–Crippen MR) is 50.0 cm³/mol. The monoisotopic (exact) mass is 255 g/mol. The first-order valence-corrected chi connectivity index (χ1v) is 4.66. The number of rotatable bonds is 3. The van der Waals surface area contributed by atoms with Crippen LogP contribution in [0.25, 0.3) is 0 Å². The van der Waals surface area contributed by atoms with E-state index in [1.54, 1.807) is 0 Å². The quantitative estimate of drug-likeness (QED) is 0.814. The standard InChI is InChI=1S/C10H10F5NO/c11-6-1-5(2-7(12)3-6)8(17)4-9(16)10(13,14)15/h1-3,8-9,17H,4,16H2/t8-,9+/m1/s1. The molecule has 0 aliphatic rings. The molecule has 0 saturated carbocycles. The van der Waals surface area contributed by atoms with E-state index in [1.165, 1.54) is 0 Å². The van der Waals surface area contributed by atoms with Gasteiger partial charge in [-0.2, -0.15) is 13.2 Å². The lowest BCUT2D eigenvalue weighted by Gasteiger charge is -2.19. The molecule has 0 aliphatic heterocycles. The van der Waals surface area contributed by atoms with Crippen molar-refractivity contribution in [3.05, 3.63) is 35.4 Å². The largest absolute Gasteiger partial charge is 0.403 e. The zero-order valence-electron chi connectivity index (χ0n) is 8.51. The molecule has 0 heterocycles. The maximum Gasteiger partial charge on any atom is 0.403 e. The molecule has 2 nitrogen and oxygen atoms in total. The van der Waals surface area contributed by atoms with Gasteiger partial charge in [0.05, 0.1) is 6.10 Å². The Balaban J connectivity index is 2.79. The van der Waals surface area contributed by atoms with Gasteiger partial charge in [0.25, 0.3) is 0 Å². The molecule has 3 N–H and O–H groups in total. The van der Waals surface area contributed by atoms with Crippen molar-refractivity contribution in [3.8, 4) is 0 Å². The third-order valence-electron chi connectivity index (χ3n) is 2.17. The molecule has 0 spiro atoms. The summed E-state index contributed by atoms with van der Waals surface area (Å²) in [7, 11) is 0. The minimum absolute atomic E-state index is 0.276. The Labute approximate surface area is 93.9 Å². The van der Waals surface area contributed by atoms with Gasteiger partial charge in [0.2, 0.25) is 0 Å². The Morgan fingerprint density at radius 2 is 1.59 bits per heavy atom. The minimum Gasteiger partial charge on any atom is -0.388 e. The van der Waals surface area contributed by atoms with E-state index in [9.17, 15) is 27.1 Å². The van der Waals surface area contributed by atoms with Crippen LogP contribution in [-0.2, 0) is 0 Å². The van der Waals surface area contributed by atoms with Gasteiger partial charge in [-0.25, -0.2) is 8.78 Å². The number of aliphatic hydroxyl groups excluding tert-OH is 1. The van der Waals surface area contributed by atoms with Crippen LogP contribution in [0.1, 0.15) is 18.1 Å². The summed E-state index contributed by atoms with van der Waals surface area (Å²) in [6.45, 7) is 0. The normalized spacial score (nSPS) is 15.7. The summed E-state index contributed by atoms with van der Waals surface area (Å²) in [6.07, 6.45) is -7.18. The van der Waals surface area contributed by atoms with Gasteiger partial charge in [0, 0.05) is 12.5 Å². The molecule has 2 atom stereocenters. The van der Waals surface area contributed by atoms with Crippen LogP contribution < -0.4 is 5.73 Å². The third-order valence-corrected chi connectivity index (χ3v) is 2.17. The smallest absolute Gasteiger partial charge is 0.388 e. The fourth-order valence-electron chi connectivity index (χ4n) is 1.28. The van der Waals surface area contributed by atoms with Crippen LogP contribution in [0, 0.1) is 11.6 Å². The van der Waals surface area contributed by atoms with Crippen molar-refractivity contribution in [2.45, 2.75) is 24.7 Å². The highest BCUT2D eigenvalue weighted by Gasteiger charge is 2.38. The van der Waals surface area contributed by atoms with E-state index in [0.717, 1.165) is 12.1 Å². The third kappa shape index (κ3) is 3.94. The summed E-state index contributed by atoms with van der Waals surface area (Å²) in [6, 6.07) is -0.169. The maximum absolute atomic E-state index is 12.8. The first-order valence-electron chi connectivity index (χ1n) is 4.66. The summed E-state index contributed by atoms with van der Waals surface area (Å²) in [5, 5.41) is 9.39. The van der Waals surface area contributed by atoms with E-state index in [-0.39, 0.29) is 5.56 Å². The second-order valence-corrected chi connectivity index (χ2v) is 3.60. The summed E-state index contributed by atoms with van der Waals surface area (Å²) in [4.78, 5) is 0. The van der Waals surface area contributed by atoms with Gasteiger partial charge in [-0.05, 0) is 17.7 Å². The molecule has 0 radical (unpaired) electrons. The maximum atomic E-state index is 12.8. The van der Waals surface area contributed by atoms with Crippen molar-refractivity contribution in [2.75, 3.05) is 0 Å². The number of hydrogen-bond donors (Lipinski definition) is 2. The molecular formula is C10H10F5NO. The highest BCUT2D eigenvalue weighted by atomic mass is 19.4. The molecule has 7 heteroatoms. The zero-order valence-corrected chi connectivity index (χ0v) is 8.51. The van der Waals surface area contributed by atoms with Crippen molar-refractivity contribution in [3.63, 3.8) is 0 Å². The van der Waals surface area contributed by atoms with Crippen LogP contribution in [-0.4, -0.2) is 17.3 Å². The number of nitrogens with two attached hydrogens (primary N) is 1. The lowest BCUT2D eigenvalue weighted by molar-refractivity contribution is -0.153. The number of alkyl halides is 3. The molecule has 0 amide bonds. The van der Waals surface area contributed by atoms with E-state index < -0.39 is 36.4 Å². The van der Waals surface area contributed by atoms with Gasteiger partial charge >= 0.3 is 6.18 Å². The number of benzene rings is 1. The van der Waals surface area contributed by atoms with Gasteiger partial charge in [-0.15, -0.1) is 0 Å². The number of halogens is 5. The first-order chi connectivity index (χ1) is 7.70. The Morgan fingerprint density at radius 1 is 1.12 bits per heavy atom. The van der Waals surface area contributed by atoms with Crippen LogP contribution in [0.2, 0.25) is 0 Å². The minimum atomic E-state index is -4.66. The van der Waals surface area contributed by atoms with Crippen molar-refractivity contribution < 1.29 is 27.1 Å². The zero-order chi connectivity index (χ0) is 13.2.